The molecule has 0 amide bonds. The third-order valence-electron chi connectivity index (χ3n) is 2.35. The van der Waals surface area contributed by atoms with E-state index >= 15 is 0 Å². The van der Waals surface area contributed by atoms with Gasteiger partial charge in [0.25, 0.3) is 0 Å². The topological polar surface area (TPSA) is 49.8 Å². The predicted octanol–water partition coefficient (Wildman–Crippen LogP) is 3.22. The Balaban J connectivity index is 2.31. The lowest BCUT2D eigenvalue weighted by atomic mass is 10.2. The molecule has 17 heavy (non-hydrogen) atoms. The van der Waals surface area contributed by atoms with Gasteiger partial charge in [0, 0.05) is 13.2 Å². The fourth-order valence-electron chi connectivity index (χ4n) is 1.47. The second kappa shape index (κ2) is 5.01. The molecule has 88 valence electrons. The first-order chi connectivity index (χ1) is 8.20. The van der Waals surface area contributed by atoms with Crippen molar-refractivity contribution >= 4 is 29.1 Å². The maximum absolute atomic E-state index is 6.13. The van der Waals surface area contributed by atoms with Crippen LogP contribution in [0.5, 0.6) is 0 Å². The fraction of sp³-hybridized carbons (Fsp3) is 0.167. The van der Waals surface area contributed by atoms with Crippen molar-refractivity contribution < 1.29 is 0 Å². The molecule has 0 saturated heterocycles. The van der Waals surface area contributed by atoms with Gasteiger partial charge in [-0.2, -0.15) is 4.98 Å². The fourth-order valence-corrected chi connectivity index (χ4v) is 1.74. The summed E-state index contributed by atoms with van der Waals surface area (Å²) in [5.74, 6) is 1.28. The van der Waals surface area contributed by atoms with Gasteiger partial charge >= 0.3 is 0 Å². The van der Waals surface area contributed by atoms with Crippen molar-refractivity contribution in [1.82, 2.24) is 9.97 Å². The second-order valence-electron chi connectivity index (χ2n) is 3.57. The average Bonchev–Trinajstić information content (AvgIpc) is 2.34. The van der Waals surface area contributed by atoms with E-state index in [0.717, 1.165) is 11.3 Å². The predicted molar refractivity (Wildman–Crippen MR) is 71.1 cm³/mol. The standard InChI is InChI=1S/C12H13ClN4/c1-8-4-3-5-9(13)11(8)16-10-6-7-15-12(14-2)17-10/h3-7H,1-2H3,(H2,14,15,16,17). The summed E-state index contributed by atoms with van der Waals surface area (Å²) in [6, 6.07) is 7.55. The Kier molecular flexibility index (Phi) is 3.44. The number of aromatic nitrogens is 2. The Bertz CT molecular complexity index is 507. The van der Waals surface area contributed by atoms with E-state index in [2.05, 4.69) is 20.6 Å². The first-order valence-corrected chi connectivity index (χ1v) is 5.61. The molecule has 1 heterocycles. The van der Waals surface area contributed by atoms with Crippen LogP contribution in [0.4, 0.5) is 17.5 Å². The summed E-state index contributed by atoms with van der Waals surface area (Å²) in [6.45, 7) is 1.99. The minimum Gasteiger partial charge on any atom is -0.357 e. The quantitative estimate of drug-likeness (QED) is 0.876. The van der Waals surface area contributed by atoms with E-state index in [-0.39, 0.29) is 0 Å². The van der Waals surface area contributed by atoms with Gasteiger partial charge in [0.15, 0.2) is 0 Å². The summed E-state index contributed by atoms with van der Waals surface area (Å²) in [4.78, 5) is 8.33. The molecule has 0 unspecified atom stereocenters. The zero-order valence-electron chi connectivity index (χ0n) is 9.66. The van der Waals surface area contributed by atoms with E-state index in [9.17, 15) is 0 Å². The molecule has 2 N–H and O–H groups in total. The highest BCUT2D eigenvalue weighted by atomic mass is 35.5. The van der Waals surface area contributed by atoms with Crippen molar-refractivity contribution in [2.24, 2.45) is 0 Å². The molecule has 0 bridgehead atoms. The van der Waals surface area contributed by atoms with Gasteiger partial charge < -0.3 is 10.6 Å². The summed E-state index contributed by atoms with van der Waals surface area (Å²) in [7, 11) is 1.78. The molecule has 2 aromatic rings. The van der Waals surface area contributed by atoms with Crippen LogP contribution in [0.1, 0.15) is 5.56 Å². The van der Waals surface area contributed by atoms with Crippen LogP contribution in [0.15, 0.2) is 30.5 Å². The van der Waals surface area contributed by atoms with Crippen molar-refractivity contribution in [3.8, 4) is 0 Å². The SMILES string of the molecule is CNc1nccc(Nc2c(C)cccc2Cl)n1. The third kappa shape index (κ3) is 2.65. The maximum Gasteiger partial charge on any atom is 0.224 e. The molecule has 0 aliphatic carbocycles. The summed E-state index contributed by atoms with van der Waals surface area (Å²) in [5, 5.41) is 6.75. The van der Waals surface area contributed by atoms with Crippen LogP contribution >= 0.6 is 11.6 Å². The number of anilines is 3. The van der Waals surface area contributed by atoms with Crippen LogP contribution < -0.4 is 10.6 Å². The number of hydrogen-bond acceptors (Lipinski definition) is 4. The van der Waals surface area contributed by atoms with E-state index in [4.69, 9.17) is 11.6 Å². The Hall–Kier alpha value is -1.81. The van der Waals surface area contributed by atoms with Crippen molar-refractivity contribution in [3.05, 3.63) is 41.0 Å². The monoisotopic (exact) mass is 248 g/mol. The molecule has 0 atom stereocenters. The maximum atomic E-state index is 6.13. The van der Waals surface area contributed by atoms with Crippen molar-refractivity contribution in [2.45, 2.75) is 6.92 Å². The van der Waals surface area contributed by atoms with Crippen LogP contribution in [0.3, 0.4) is 0 Å². The lowest BCUT2D eigenvalue weighted by Crippen LogP contribution is -2.01. The van der Waals surface area contributed by atoms with Gasteiger partial charge in [0.2, 0.25) is 5.95 Å². The Morgan fingerprint density at radius 2 is 2.06 bits per heavy atom. The molecule has 0 aliphatic rings. The van der Waals surface area contributed by atoms with E-state index in [1.807, 2.05) is 25.1 Å². The van der Waals surface area contributed by atoms with Gasteiger partial charge in [0.1, 0.15) is 5.82 Å². The molecular formula is C12H13ClN4. The lowest BCUT2D eigenvalue weighted by Gasteiger charge is -2.11. The largest absolute Gasteiger partial charge is 0.357 e. The van der Waals surface area contributed by atoms with Gasteiger partial charge in [-0.15, -0.1) is 0 Å². The van der Waals surface area contributed by atoms with E-state index in [1.165, 1.54) is 0 Å². The normalized spacial score (nSPS) is 10.1. The number of aryl methyl sites for hydroxylation is 1. The molecule has 0 fully saturated rings. The molecule has 0 saturated carbocycles. The number of halogens is 1. The number of nitrogens with zero attached hydrogens (tertiary/aromatic N) is 2. The van der Waals surface area contributed by atoms with E-state index in [1.54, 1.807) is 19.3 Å². The Labute approximate surface area is 105 Å². The molecule has 4 nitrogen and oxygen atoms in total. The molecular weight excluding hydrogens is 236 g/mol. The minimum atomic E-state index is 0.569. The van der Waals surface area contributed by atoms with Gasteiger partial charge in [-0.1, -0.05) is 23.7 Å². The van der Waals surface area contributed by atoms with Crippen molar-refractivity contribution in [3.63, 3.8) is 0 Å². The summed E-state index contributed by atoms with van der Waals surface area (Å²) in [6.07, 6.45) is 1.69. The highest BCUT2D eigenvalue weighted by Gasteiger charge is 2.05. The molecule has 0 radical (unpaired) electrons. The molecule has 2 rings (SSSR count). The van der Waals surface area contributed by atoms with Crippen LogP contribution in [-0.4, -0.2) is 17.0 Å². The van der Waals surface area contributed by atoms with E-state index in [0.29, 0.717) is 16.8 Å². The average molecular weight is 249 g/mol. The highest BCUT2D eigenvalue weighted by molar-refractivity contribution is 6.33. The molecule has 1 aromatic carbocycles. The minimum absolute atomic E-state index is 0.569. The zero-order valence-corrected chi connectivity index (χ0v) is 10.4. The van der Waals surface area contributed by atoms with E-state index < -0.39 is 0 Å². The highest BCUT2D eigenvalue weighted by Crippen LogP contribution is 2.27. The number of nitrogens with one attached hydrogen (secondary N) is 2. The molecule has 1 aromatic heterocycles. The molecule has 5 heteroatoms. The van der Waals surface area contributed by atoms with Crippen LogP contribution in [0, 0.1) is 6.92 Å². The lowest BCUT2D eigenvalue weighted by molar-refractivity contribution is 1.15. The smallest absolute Gasteiger partial charge is 0.224 e. The Morgan fingerprint density at radius 1 is 1.24 bits per heavy atom. The van der Waals surface area contributed by atoms with Crippen LogP contribution in [-0.2, 0) is 0 Å². The third-order valence-corrected chi connectivity index (χ3v) is 2.67. The zero-order chi connectivity index (χ0) is 12.3. The number of rotatable bonds is 3. The first-order valence-electron chi connectivity index (χ1n) is 5.23. The number of benzene rings is 1. The summed E-state index contributed by atoms with van der Waals surface area (Å²) >= 11 is 6.13. The second-order valence-corrected chi connectivity index (χ2v) is 3.98. The first kappa shape index (κ1) is 11.7. The molecule has 0 aliphatic heterocycles. The van der Waals surface area contributed by atoms with Crippen molar-refractivity contribution in [2.75, 3.05) is 17.7 Å². The Morgan fingerprint density at radius 3 is 2.76 bits per heavy atom. The summed E-state index contributed by atoms with van der Waals surface area (Å²) < 4.78 is 0. The van der Waals surface area contributed by atoms with Crippen LogP contribution in [0.2, 0.25) is 5.02 Å². The number of hydrogen-bond donors (Lipinski definition) is 2. The van der Waals surface area contributed by atoms with Gasteiger partial charge in [-0.25, -0.2) is 4.98 Å². The molecule has 0 spiro atoms. The van der Waals surface area contributed by atoms with Crippen molar-refractivity contribution in [1.29, 1.82) is 0 Å². The number of para-hydroxylation sites is 1. The van der Waals surface area contributed by atoms with Gasteiger partial charge in [-0.05, 0) is 24.6 Å². The van der Waals surface area contributed by atoms with Crippen LogP contribution in [0.25, 0.3) is 0 Å². The van der Waals surface area contributed by atoms with Gasteiger partial charge in [-0.3, -0.25) is 0 Å². The van der Waals surface area contributed by atoms with Gasteiger partial charge in [0.05, 0.1) is 10.7 Å². The summed E-state index contributed by atoms with van der Waals surface area (Å²) in [5.41, 5.74) is 1.94.